The maximum Gasteiger partial charge on any atom is 0.132 e. The summed E-state index contributed by atoms with van der Waals surface area (Å²) in [6.07, 6.45) is 7.48. The van der Waals surface area contributed by atoms with Crippen LogP contribution in [0.15, 0.2) is 46.1 Å². The van der Waals surface area contributed by atoms with E-state index >= 15 is 0 Å². The fourth-order valence-corrected chi connectivity index (χ4v) is 3.78. The van der Waals surface area contributed by atoms with Gasteiger partial charge in [0.2, 0.25) is 0 Å². The Balaban J connectivity index is 1.73. The first kappa shape index (κ1) is 25.3. The van der Waals surface area contributed by atoms with Gasteiger partial charge in [0.1, 0.15) is 11.7 Å². The topological polar surface area (TPSA) is 52.0 Å². The Hall–Kier alpha value is -1.98. The number of nitrogens with zero attached hydrogens (tertiary/aromatic N) is 3. The summed E-state index contributed by atoms with van der Waals surface area (Å²) < 4.78 is 0. The fraction of sp³-hybridized carbons (Fsp3) is 0.615. The van der Waals surface area contributed by atoms with Crippen LogP contribution < -0.4 is 10.6 Å². The van der Waals surface area contributed by atoms with E-state index in [1.165, 1.54) is 24.0 Å². The van der Waals surface area contributed by atoms with Gasteiger partial charge in [-0.3, -0.25) is 4.90 Å². The lowest BCUT2D eigenvalue weighted by atomic mass is 9.99. The predicted molar refractivity (Wildman–Crippen MR) is 135 cm³/mol. The van der Waals surface area contributed by atoms with Gasteiger partial charge in [0.25, 0.3) is 0 Å². The average Bonchev–Trinajstić information content (AvgIpc) is 2.76. The minimum Gasteiger partial charge on any atom is -0.370 e. The van der Waals surface area contributed by atoms with Gasteiger partial charge in [0.15, 0.2) is 0 Å². The van der Waals surface area contributed by atoms with Crippen LogP contribution in [-0.4, -0.2) is 49.7 Å². The number of unbranched alkanes of at least 4 members (excludes halogenated alkanes) is 1. The standard InChI is InChI=1S/C26H43N5/c1-6-8-14-28-25(7-2)30-26(21(3)4)29-16-15-27-18-22(5)19-31-17-13-23-11-9-10-12-24(23)20-31/h7,9-12,16,21-22,27-28H,6,8,13-15,17-20H2,1-5H3/b25-7-,29-16+,30-26-. The lowest BCUT2D eigenvalue weighted by Gasteiger charge is -2.30. The number of rotatable bonds is 12. The van der Waals surface area contributed by atoms with Crippen molar-refractivity contribution in [3.05, 3.63) is 47.3 Å². The second-order valence-electron chi connectivity index (χ2n) is 8.91. The molecule has 1 aromatic carbocycles. The Bertz CT molecular complexity index is 735. The van der Waals surface area contributed by atoms with E-state index in [4.69, 9.17) is 4.99 Å². The Morgan fingerprint density at radius 1 is 1.19 bits per heavy atom. The van der Waals surface area contributed by atoms with E-state index in [9.17, 15) is 0 Å². The molecule has 2 rings (SSSR count). The summed E-state index contributed by atoms with van der Waals surface area (Å²) >= 11 is 0. The predicted octanol–water partition coefficient (Wildman–Crippen LogP) is 4.65. The minimum atomic E-state index is 0.292. The molecule has 0 fully saturated rings. The number of aliphatic imine (C=N–C) groups is 2. The Labute approximate surface area is 190 Å². The monoisotopic (exact) mass is 425 g/mol. The van der Waals surface area contributed by atoms with E-state index in [-0.39, 0.29) is 0 Å². The highest BCUT2D eigenvalue weighted by Gasteiger charge is 2.17. The van der Waals surface area contributed by atoms with Crippen molar-refractivity contribution in [1.29, 1.82) is 0 Å². The van der Waals surface area contributed by atoms with Crippen LogP contribution in [0.25, 0.3) is 0 Å². The fourth-order valence-electron chi connectivity index (χ4n) is 3.78. The van der Waals surface area contributed by atoms with E-state index in [0.29, 0.717) is 11.8 Å². The zero-order chi connectivity index (χ0) is 22.5. The minimum absolute atomic E-state index is 0.292. The third kappa shape index (κ3) is 9.36. The van der Waals surface area contributed by atoms with Crippen molar-refractivity contribution in [2.24, 2.45) is 21.8 Å². The first-order valence-electron chi connectivity index (χ1n) is 12.0. The summed E-state index contributed by atoms with van der Waals surface area (Å²) in [5.74, 6) is 2.69. The summed E-state index contributed by atoms with van der Waals surface area (Å²) in [4.78, 5) is 12.0. The van der Waals surface area contributed by atoms with Crippen LogP contribution in [-0.2, 0) is 13.0 Å². The molecule has 172 valence electrons. The molecule has 1 aromatic rings. The van der Waals surface area contributed by atoms with E-state index < -0.39 is 0 Å². The van der Waals surface area contributed by atoms with Gasteiger partial charge in [0.05, 0.1) is 0 Å². The molecule has 0 aromatic heterocycles. The molecule has 0 spiro atoms. The van der Waals surface area contributed by atoms with Gasteiger partial charge >= 0.3 is 0 Å². The van der Waals surface area contributed by atoms with Crippen molar-refractivity contribution in [2.45, 2.75) is 60.4 Å². The SMILES string of the molecule is C\C=C(/N=C(\N=C\CNCC(C)CN1CCc2ccccc2C1)C(C)C)NCCCC. The number of nitrogens with one attached hydrogen (secondary N) is 2. The molecule has 1 unspecified atom stereocenters. The third-order valence-corrected chi connectivity index (χ3v) is 5.59. The van der Waals surface area contributed by atoms with Crippen molar-refractivity contribution < 1.29 is 0 Å². The number of fused-ring (bicyclic) bond motifs is 1. The van der Waals surface area contributed by atoms with Crippen molar-refractivity contribution in [1.82, 2.24) is 15.5 Å². The van der Waals surface area contributed by atoms with Crippen molar-refractivity contribution in [2.75, 3.05) is 32.7 Å². The third-order valence-electron chi connectivity index (χ3n) is 5.59. The maximum atomic E-state index is 4.73. The summed E-state index contributed by atoms with van der Waals surface area (Å²) in [7, 11) is 0. The number of benzene rings is 1. The molecule has 0 saturated carbocycles. The van der Waals surface area contributed by atoms with Gasteiger partial charge < -0.3 is 10.6 Å². The largest absolute Gasteiger partial charge is 0.370 e. The van der Waals surface area contributed by atoms with Gasteiger partial charge in [-0.2, -0.15) is 0 Å². The molecule has 1 aliphatic rings. The lowest BCUT2D eigenvalue weighted by molar-refractivity contribution is 0.218. The quantitative estimate of drug-likeness (QED) is 0.291. The second-order valence-corrected chi connectivity index (χ2v) is 8.91. The van der Waals surface area contributed by atoms with Crippen LogP contribution in [0.3, 0.4) is 0 Å². The first-order valence-corrected chi connectivity index (χ1v) is 12.0. The molecule has 0 saturated heterocycles. The van der Waals surface area contributed by atoms with Gasteiger partial charge in [0, 0.05) is 44.9 Å². The smallest absolute Gasteiger partial charge is 0.132 e. The van der Waals surface area contributed by atoms with Crippen molar-refractivity contribution in [3.63, 3.8) is 0 Å². The molecule has 0 radical (unpaired) electrons. The van der Waals surface area contributed by atoms with Crippen LogP contribution in [0.4, 0.5) is 0 Å². The molecule has 0 amide bonds. The van der Waals surface area contributed by atoms with Crippen LogP contribution in [0.1, 0.15) is 58.6 Å². The van der Waals surface area contributed by atoms with E-state index in [0.717, 1.165) is 57.3 Å². The molecule has 0 aliphatic carbocycles. The summed E-state index contributed by atoms with van der Waals surface area (Å²) in [6.45, 7) is 16.9. The molecule has 31 heavy (non-hydrogen) atoms. The molecule has 0 bridgehead atoms. The van der Waals surface area contributed by atoms with Crippen LogP contribution in [0, 0.1) is 11.8 Å². The highest BCUT2D eigenvalue weighted by molar-refractivity contribution is 5.91. The molecule has 1 aliphatic heterocycles. The van der Waals surface area contributed by atoms with Crippen LogP contribution >= 0.6 is 0 Å². The molecule has 5 nitrogen and oxygen atoms in total. The molecule has 5 heteroatoms. The van der Waals surface area contributed by atoms with Crippen molar-refractivity contribution in [3.8, 4) is 0 Å². The van der Waals surface area contributed by atoms with Crippen LogP contribution in [0.2, 0.25) is 0 Å². The van der Waals surface area contributed by atoms with E-state index in [1.807, 2.05) is 19.2 Å². The summed E-state index contributed by atoms with van der Waals surface area (Å²) in [5, 5.41) is 6.93. The molecule has 1 atom stereocenters. The van der Waals surface area contributed by atoms with Gasteiger partial charge in [-0.1, -0.05) is 58.4 Å². The number of hydrogen-bond acceptors (Lipinski definition) is 4. The molecular weight excluding hydrogens is 382 g/mol. The van der Waals surface area contributed by atoms with E-state index in [2.05, 4.69) is 72.5 Å². The lowest BCUT2D eigenvalue weighted by Crippen LogP contribution is -2.37. The molecular formula is C26H43N5. The maximum absolute atomic E-state index is 4.73. The Morgan fingerprint density at radius 2 is 1.97 bits per heavy atom. The van der Waals surface area contributed by atoms with Crippen molar-refractivity contribution >= 4 is 12.1 Å². The first-order chi connectivity index (χ1) is 15.0. The number of hydrogen-bond donors (Lipinski definition) is 2. The van der Waals surface area contributed by atoms with Crippen LogP contribution in [0.5, 0.6) is 0 Å². The van der Waals surface area contributed by atoms with E-state index in [1.54, 1.807) is 0 Å². The highest BCUT2D eigenvalue weighted by atomic mass is 15.1. The Kier molecular flexibility index (Phi) is 11.5. The summed E-state index contributed by atoms with van der Waals surface area (Å²) in [5.41, 5.74) is 3.01. The second kappa shape index (κ2) is 14.2. The van der Waals surface area contributed by atoms with Gasteiger partial charge in [-0.05, 0) is 49.4 Å². The number of amidine groups is 1. The molecule has 1 heterocycles. The highest BCUT2D eigenvalue weighted by Crippen LogP contribution is 2.19. The summed E-state index contributed by atoms with van der Waals surface area (Å²) in [6, 6.07) is 8.85. The zero-order valence-electron chi connectivity index (χ0n) is 20.3. The number of allylic oxidation sites excluding steroid dienone is 1. The van der Waals surface area contributed by atoms with Gasteiger partial charge in [-0.15, -0.1) is 0 Å². The Morgan fingerprint density at radius 3 is 2.68 bits per heavy atom. The van der Waals surface area contributed by atoms with Gasteiger partial charge in [-0.25, -0.2) is 9.98 Å². The zero-order valence-corrected chi connectivity index (χ0v) is 20.3. The average molecular weight is 426 g/mol. The normalized spacial score (nSPS) is 16.7. The molecule has 2 N–H and O–H groups in total.